The summed E-state index contributed by atoms with van der Waals surface area (Å²) in [6, 6.07) is 3.35. The Morgan fingerprint density at radius 2 is 2.12 bits per heavy atom. The molecular formula is C21H17ClFN7O3. The highest BCUT2D eigenvalue weighted by molar-refractivity contribution is 6.37. The maximum absolute atomic E-state index is 16.1. The van der Waals surface area contributed by atoms with Crippen molar-refractivity contribution < 1.29 is 19.0 Å². The fraction of sp³-hybridized carbons (Fsp3) is 0.286. The summed E-state index contributed by atoms with van der Waals surface area (Å²) in [6.45, 7) is 2.93. The Kier molecular flexibility index (Phi) is 4.31. The second-order valence-corrected chi connectivity index (χ2v) is 8.48. The van der Waals surface area contributed by atoms with Gasteiger partial charge in [-0.2, -0.15) is 0 Å². The van der Waals surface area contributed by atoms with E-state index in [4.69, 9.17) is 16.3 Å². The minimum absolute atomic E-state index is 0.0793. The number of anilines is 1. The van der Waals surface area contributed by atoms with Crippen LogP contribution in [0.2, 0.25) is 5.02 Å². The van der Waals surface area contributed by atoms with Crippen molar-refractivity contribution >= 4 is 45.4 Å². The summed E-state index contributed by atoms with van der Waals surface area (Å²) in [5, 5.41) is 20.7. The van der Waals surface area contributed by atoms with Gasteiger partial charge < -0.3 is 19.6 Å². The molecular weight excluding hydrogens is 453 g/mol. The number of aryl methyl sites for hydroxylation is 1. The highest BCUT2D eigenvalue weighted by atomic mass is 35.5. The van der Waals surface area contributed by atoms with E-state index in [-0.39, 0.29) is 41.0 Å². The molecule has 0 unspecified atom stereocenters. The largest absolute Gasteiger partial charge is 0.489 e. The summed E-state index contributed by atoms with van der Waals surface area (Å²) in [7, 11) is 0. The minimum Gasteiger partial charge on any atom is -0.489 e. The van der Waals surface area contributed by atoms with Gasteiger partial charge in [-0.25, -0.2) is 19.2 Å². The van der Waals surface area contributed by atoms with Crippen LogP contribution >= 0.6 is 11.6 Å². The van der Waals surface area contributed by atoms with Crippen LogP contribution in [0.1, 0.15) is 5.56 Å². The molecule has 12 heteroatoms. The molecule has 4 aromatic rings. The molecule has 2 aliphatic rings. The monoisotopic (exact) mass is 469 g/mol. The van der Waals surface area contributed by atoms with Crippen LogP contribution in [0, 0.1) is 12.7 Å². The van der Waals surface area contributed by atoms with E-state index >= 15 is 4.39 Å². The van der Waals surface area contributed by atoms with Gasteiger partial charge in [0, 0.05) is 30.8 Å². The molecule has 1 amide bonds. The standard InChI is InChI=1S/C21H17ClFN7O3/c1-9-2-3-11-17(27-28-26-11)12(9)13-15(22)19-14-18(16(13)23)24-8-25-20(14)30-5-4-29(21(31)32)6-10(30)7-33-19/h2-3,8,10H,4-7H2,1H3,(H,31,32)(H,26,27,28)/t10-/m0/s1. The smallest absolute Gasteiger partial charge is 0.407 e. The molecule has 10 nitrogen and oxygen atoms in total. The van der Waals surface area contributed by atoms with Gasteiger partial charge >= 0.3 is 6.09 Å². The first-order valence-electron chi connectivity index (χ1n) is 10.3. The van der Waals surface area contributed by atoms with Gasteiger partial charge in [0.1, 0.15) is 29.8 Å². The molecule has 2 aliphatic heterocycles. The van der Waals surface area contributed by atoms with Crippen LogP contribution in [0.25, 0.3) is 33.1 Å². The molecule has 33 heavy (non-hydrogen) atoms. The molecule has 6 rings (SSSR count). The van der Waals surface area contributed by atoms with Gasteiger partial charge in [-0.15, -0.1) is 5.10 Å². The van der Waals surface area contributed by atoms with Crippen LogP contribution in [0.15, 0.2) is 18.5 Å². The maximum Gasteiger partial charge on any atom is 0.407 e. The van der Waals surface area contributed by atoms with Gasteiger partial charge in [0.2, 0.25) is 0 Å². The zero-order valence-corrected chi connectivity index (χ0v) is 18.1. The van der Waals surface area contributed by atoms with E-state index < -0.39 is 11.9 Å². The molecule has 2 N–H and O–H groups in total. The van der Waals surface area contributed by atoms with E-state index in [9.17, 15) is 9.90 Å². The second-order valence-electron chi connectivity index (χ2n) is 8.11. The number of fused-ring (bicyclic) bond motifs is 3. The number of carboxylic acid groups (broad SMARTS) is 1. The number of amides is 1. The average Bonchev–Trinajstić information content (AvgIpc) is 3.22. The number of benzene rings is 2. The van der Waals surface area contributed by atoms with Gasteiger partial charge in [-0.1, -0.05) is 22.9 Å². The molecule has 2 aromatic carbocycles. The Hall–Kier alpha value is -3.73. The van der Waals surface area contributed by atoms with E-state index in [1.807, 2.05) is 24.0 Å². The Labute approximate surface area is 190 Å². The molecule has 2 aromatic heterocycles. The van der Waals surface area contributed by atoms with Crippen molar-refractivity contribution in [3.05, 3.63) is 34.9 Å². The maximum atomic E-state index is 16.1. The first kappa shape index (κ1) is 19.9. The van der Waals surface area contributed by atoms with Crippen molar-refractivity contribution in [1.82, 2.24) is 30.3 Å². The van der Waals surface area contributed by atoms with Crippen molar-refractivity contribution in [2.24, 2.45) is 0 Å². The summed E-state index contributed by atoms with van der Waals surface area (Å²) in [5.74, 6) is 0.147. The first-order chi connectivity index (χ1) is 16.0. The quantitative estimate of drug-likeness (QED) is 0.436. The van der Waals surface area contributed by atoms with Crippen molar-refractivity contribution in [3.8, 4) is 16.9 Å². The van der Waals surface area contributed by atoms with Crippen LogP contribution in [0.4, 0.5) is 15.0 Å². The number of piperazine rings is 1. The van der Waals surface area contributed by atoms with Gasteiger partial charge in [-0.05, 0) is 18.6 Å². The Balaban J connectivity index is 1.61. The van der Waals surface area contributed by atoms with Crippen molar-refractivity contribution in [3.63, 3.8) is 0 Å². The normalized spacial score (nSPS) is 17.7. The number of nitrogens with zero attached hydrogens (tertiary/aromatic N) is 6. The number of hydrogen-bond acceptors (Lipinski definition) is 7. The van der Waals surface area contributed by atoms with E-state index in [0.29, 0.717) is 40.9 Å². The zero-order chi connectivity index (χ0) is 22.9. The number of rotatable bonds is 1. The number of ether oxygens (including phenoxy) is 1. The molecule has 168 valence electrons. The van der Waals surface area contributed by atoms with E-state index in [0.717, 1.165) is 5.56 Å². The van der Waals surface area contributed by atoms with Gasteiger partial charge in [0.25, 0.3) is 0 Å². The van der Waals surface area contributed by atoms with E-state index in [1.165, 1.54) is 11.2 Å². The zero-order valence-electron chi connectivity index (χ0n) is 17.3. The van der Waals surface area contributed by atoms with Crippen LogP contribution in [-0.2, 0) is 0 Å². The lowest BCUT2D eigenvalue weighted by molar-refractivity contribution is 0.127. The number of aromatic nitrogens is 5. The van der Waals surface area contributed by atoms with Crippen LogP contribution in [-0.4, -0.2) is 73.8 Å². The number of carbonyl (C=O) groups is 1. The molecule has 0 radical (unpaired) electrons. The Morgan fingerprint density at radius 3 is 2.94 bits per heavy atom. The van der Waals surface area contributed by atoms with E-state index in [2.05, 4.69) is 25.4 Å². The topological polar surface area (TPSA) is 120 Å². The predicted molar refractivity (Wildman–Crippen MR) is 118 cm³/mol. The van der Waals surface area contributed by atoms with Gasteiger partial charge in [0.15, 0.2) is 11.6 Å². The fourth-order valence-corrected chi connectivity index (χ4v) is 5.05. The summed E-state index contributed by atoms with van der Waals surface area (Å²) >= 11 is 6.82. The number of H-pyrrole nitrogens is 1. The molecule has 1 saturated heterocycles. The third-order valence-electron chi connectivity index (χ3n) is 6.30. The van der Waals surface area contributed by atoms with Crippen LogP contribution < -0.4 is 9.64 Å². The molecule has 0 bridgehead atoms. The summed E-state index contributed by atoms with van der Waals surface area (Å²) in [6.07, 6.45) is 0.310. The molecule has 0 spiro atoms. The average molecular weight is 470 g/mol. The molecule has 1 atom stereocenters. The summed E-state index contributed by atoms with van der Waals surface area (Å²) < 4.78 is 22.2. The molecule has 0 aliphatic carbocycles. The number of hydrogen-bond donors (Lipinski definition) is 2. The SMILES string of the molecule is Cc1ccc2[nH]nnc2c1-c1c(Cl)c2c3c(ncnc3c1F)N1CCN(C(=O)O)C[C@H]1CO2. The minimum atomic E-state index is -0.994. The van der Waals surface area contributed by atoms with Crippen LogP contribution in [0.3, 0.4) is 0 Å². The Morgan fingerprint density at radius 1 is 1.27 bits per heavy atom. The highest BCUT2D eigenvalue weighted by Crippen LogP contribution is 2.49. The molecule has 4 heterocycles. The second kappa shape index (κ2) is 7.14. The van der Waals surface area contributed by atoms with E-state index in [1.54, 1.807) is 0 Å². The summed E-state index contributed by atoms with van der Waals surface area (Å²) in [5.41, 5.74) is 2.61. The fourth-order valence-electron chi connectivity index (χ4n) is 4.72. The Bertz CT molecular complexity index is 1460. The van der Waals surface area contributed by atoms with Gasteiger partial charge in [-0.3, -0.25) is 5.10 Å². The number of aromatic amines is 1. The number of nitrogens with one attached hydrogen (secondary N) is 1. The van der Waals surface area contributed by atoms with Gasteiger partial charge in [0.05, 0.1) is 22.0 Å². The lowest BCUT2D eigenvalue weighted by Crippen LogP contribution is -2.56. The summed E-state index contributed by atoms with van der Waals surface area (Å²) in [4.78, 5) is 23.4. The molecule has 0 saturated carbocycles. The predicted octanol–water partition coefficient (Wildman–Crippen LogP) is 3.23. The third-order valence-corrected chi connectivity index (χ3v) is 6.66. The number of halogens is 2. The van der Waals surface area contributed by atoms with Crippen molar-refractivity contribution in [2.75, 3.05) is 31.1 Å². The van der Waals surface area contributed by atoms with Crippen molar-refractivity contribution in [1.29, 1.82) is 0 Å². The third kappa shape index (κ3) is 2.81. The molecule has 1 fully saturated rings. The van der Waals surface area contributed by atoms with Crippen LogP contribution in [0.5, 0.6) is 5.75 Å². The first-order valence-corrected chi connectivity index (χ1v) is 10.7. The van der Waals surface area contributed by atoms with Crippen molar-refractivity contribution in [2.45, 2.75) is 13.0 Å². The lowest BCUT2D eigenvalue weighted by Gasteiger charge is -2.39. The lowest BCUT2D eigenvalue weighted by atomic mass is 9.96. The highest BCUT2D eigenvalue weighted by Gasteiger charge is 2.37.